The van der Waals surface area contributed by atoms with Gasteiger partial charge in [-0.1, -0.05) is 0 Å². The van der Waals surface area contributed by atoms with Crippen LogP contribution in [-0.2, 0) is 31.6 Å². The molecule has 182 valence electrons. The first-order valence-corrected chi connectivity index (χ1v) is 12.3. The van der Waals surface area contributed by atoms with Gasteiger partial charge in [-0.15, -0.1) is 0 Å². The zero-order valence-corrected chi connectivity index (χ0v) is 17.8. The van der Waals surface area contributed by atoms with Crippen molar-refractivity contribution in [2.45, 2.75) is 24.5 Å². The van der Waals surface area contributed by atoms with Crippen LogP contribution >= 0.6 is 23.5 Å². The number of nitrogens with zero attached hydrogens (tertiary/aromatic N) is 2. The van der Waals surface area contributed by atoms with Crippen LogP contribution in [-0.4, -0.2) is 70.2 Å². The molecule has 2 heterocycles. The Morgan fingerprint density at radius 3 is 2.28 bits per heavy atom. The average molecular weight is 529 g/mol. The lowest BCUT2D eigenvalue weighted by Gasteiger charge is -2.19. The van der Waals surface area contributed by atoms with Crippen LogP contribution in [0.3, 0.4) is 0 Å². The highest BCUT2D eigenvalue weighted by Gasteiger charge is 2.47. The molecule has 1 aliphatic heterocycles. The van der Waals surface area contributed by atoms with E-state index in [-0.39, 0.29) is 0 Å². The van der Waals surface area contributed by atoms with Crippen LogP contribution in [0.2, 0.25) is 0 Å². The van der Waals surface area contributed by atoms with Crippen molar-refractivity contribution in [3.05, 3.63) is 28.2 Å². The molecule has 22 heteroatoms. The summed E-state index contributed by atoms with van der Waals surface area (Å²) in [7, 11) is -17.0. The van der Waals surface area contributed by atoms with Crippen LogP contribution in [0.15, 0.2) is 11.0 Å². The van der Waals surface area contributed by atoms with E-state index >= 15 is 0 Å². The standard InChI is InChI=1S/C10H15FN3O15P3/c11-4-1-14(9(18)5(13-4)8(12)17)10-7(16)6(15)3(27-10)2-26-31(22,23)29-32(24,25)28-30(19,20)21/h1,3,6-7,10,15-16H,2H2,(H2,12,17)(H,22,23)(H,24,25)(H2,19,20,21)/t3-,6-,7-,10-/m1/s1. The Bertz CT molecular complexity index is 1090. The van der Waals surface area contributed by atoms with Gasteiger partial charge in [0, 0.05) is 0 Å². The van der Waals surface area contributed by atoms with Crippen molar-refractivity contribution in [2.75, 3.05) is 6.61 Å². The first-order valence-electron chi connectivity index (χ1n) is 7.81. The highest BCUT2D eigenvalue weighted by atomic mass is 31.3. The van der Waals surface area contributed by atoms with Crippen molar-refractivity contribution in [3.63, 3.8) is 0 Å². The van der Waals surface area contributed by atoms with Crippen LogP contribution < -0.4 is 11.3 Å². The van der Waals surface area contributed by atoms with Gasteiger partial charge in [0.2, 0.25) is 5.95 Å². The minimum Gasteiger partial charge on any atom is -0.387 e. The maximum absolute atomic E-state index is 13.6. The van der Waals surface area contributed by atoms with Gasteiger partial charge < -0.3 is 40.3 Å². The number of aliphatic hydroxyl groups excluding tert-OH is 2. The number of amides is 1. The van der Waals surface area contributed by atoms with Crippen molar-refractivity contribution in [1.82, 2.24) is 9.55 Å². The summed E-state index contributed by atoms with van der Waals surface area (Å²) < 4.78 is 63.8. The van der Waals surface area contributed by atoms with Gasteiger partial charge >= 0.3 is 23.5 Å². The first-order chi connectivity index (χ1) is 14.4. The second kappa shape index (κ2) is 9.44. The minimum atomic E-state index is -5.80. The molecule has 1 saturated heterocycles. The number of hydrogen-bond acceptors (Lipinski definition) is 12. The third-order valence-corrected chi connectivity index (χ3v) is 7.37. The van der Waals surface area contributed by atoms with Crippen LogP contribution in [0, 0.1) is 5.95 Å². The highest BCUT2D eigenvalue weighted by molar-refractivity contribution is 7.66. The molecule has 18 nitrogen and oxygen atoms in total. The molecule has 1 aromatic heterocycles. The van der Waals surface area contributed by atoms with E-state index in [1.165, 1.54) is 0 Å². The number of aromatic nitrogens is 2. The number of halogens is 1. The average Bonchev–Trinajstić information content (AvgIpc) is 2.86. The number of primary amides is 1. The zero-order valence-electron chi connectivity index (χ0n) is 15.1. The number of nitrogens with two attached hydrogens (primary N) is 1. The zero-order chi connectivity index (χ0) is 24.6. The number of carbonyl (C=O) groups is 1. The fourth-order valence-electron chi connectivity index (χ4n) is 2.40. The molecule has 0 radical (unpaired) electrons. The fourth-order valence-corrected chi connectivity index (χ4v) is 5.43. The third-order valence-electron chi connectivity index (χ3n) is 3.56. The van der Waals surface area contributed by atoms with Gasteiger partial charge in [-0.2, -0.15) is 13.0 Å². The largest absolute Gasteiger partial charge is 0.490 e. The summed E-state index contributed by atoms with van der Waals surface area (Å²) in [5, 5.41) is 20.1. The number of carbonyl (C=O) groups excluding carboxylic acids is 1. The Morgan fingerprint density at radius 1 is 1.16 bits per heavy atom. The van der Waals surface area contributed by atoms with Crippen molar-refractivity contribution in [2.24, 2.45) is 5.73 Å². The quantitative estimate of drug-likeness (QED) is 0.162. The Balaban J connectivity index is 2.16. The van der Waals surface area contributed by atoms with E-state index < -0.39 is 77.7 Å². The predicted molar refractivity (Wildman–Crippen MR) is 92.7 cm³/mol. The second-order valence-electron chi connectivity index (χ2n) is 5.92. The summed E-state index contributed by atoms with van der Waals surface area (Å²) in [6, 6.07) is 0. The molecule has 32 heavy (non-hydrogen) atoms. The predicted octanol–water partition coefficient (Wildman–Crippen LogP) is -2.56. The number of hydrogen-bond donors (Lipinski definition) is 7. The lowest BCUT2D eigenvalue weighted by molar-refractivity contribution is -0.0542. The van der Waals surface area contributed by atoms with Gasteiger partial charge in [-0.3, -0.25) is 18.7 Å². The van der Waals surface area contributed by atoms with E-state index in [0.717, 1.165) is 0 Å². The summed E-state index contributed by atoms with van der Waals surface area (Å²) in [5.41, 5.74) is 2.52. The topological polar surface area (TPSA) is 287 Å². The lowest BCUT2D eigenvalue weighted by atomic mass is 10.1. The van der Waals surface area contributed by atoms with E-state index in [0.29, 0.717) is 10.8 Å². The van der Waals surface area contributed by atoms with E-state index in [9.17, 15) is 42.8 Å². The van der Waals surface area contributed by atoms with Crippen molar-refractivity contribution >= 4 is 29.4 Å². The monoisotopic (exact) mass is 529 g/mol. The second-order valence-corrected chi connectivity index (χ2v) is 10.3. The van der Waals surface area contributed by atoms with E-state index in [2.05, 4.69) is 18.1 Å². The van der Waals surface area contributed by atoms with Crippen LogP contribution in [0.1, 0.15) is 16.7 Å². The maximum Gasteiger partial charge on any atom is 0.490 e. The molecular formula is C10H15FN3O15P3. The van der Waals surface area contributed by atoms with E-state index in [1.807, 2.05) is 0 Å². The molecule has 0 saturated carbocycles. The van der Waals surface area contributed by atoms with Gasteiger partial charge in [0.1, 0.15) is 18.3 Å². The molecule has 2 rings (SSSR count). The summed E-state index contributed by atoms with van der Waals surface area (Å²) in [4.78, 5) is 61.7. The van der Waals surface area contributed by atoms with Crippen LogP contribution in [0.25, 0.3) is 0 Å². The molecule has 1 fully saturated rings. The molecule has 0 aliphatic carbocycles. The van der Waals surface area contributed by atoms with Gasteiger partial charge in [0.05, 0.1) is 12.8 Å². The van der Waals surface area contributed by atoms with Gasteiger partial charge in [-0.05, 0) is 0 Å². The molecule has 0 spiro atoms. The Morgan fingerprint density at radius 2 is 1.75 bits per heavy atom. The first kappa shape index (κ1) is 26.8. The van der Waals surface area contributed by atoms with Gasteiger partial charge in [0.25, 0.3) is 11.5 Å². The summed E-state index contributed by atoms with van der Waals surface area (Å²) in [6.45, 7) is -1.18. The number of rotatable bonds is 9. The molecule has 1 amide bonds. The Hall–Kier alpha value is -1.43. The van der Waals surface area contributed by atoms with Gasteiger partial charge in [0.15, 0.2) is 11.9 Å². The lowest BCUT2D eigenvalue weighted by Crippen LogP contribution is -2.38. The van der Waals surface area contributed by atoms with E-state index in [1.54, 1.807) is 0 Å². The summed E-state index contributed by atoms with van der Waals surface area (Å²) >= 11 is 0. The molecule has 0 bridgehead atoms. The van der Waals surface area contributed by atoms with E-state index in [4.69, 9.17) is 25.2 Å². The maximum atomic E-state index is 13.6. The smallest absolute Gasteiger partial charge is 0.387 e. The molecule has 0 aromatic carbocycles. The summed E-state index contributed by atoms with van der Waals surface area (Å²) in [5.74, 6) is -2.80. The Kier molecular flexibility index (Phi) is 7.91. The number of phosphoric acid groups is 3. The summed E-state index contributed by atoms with van der Waals surface area (Å²) in [6.07, 6.45) is -7.18. The molecule has 6 atom stereocenters. The molecular weight excluding hydrogens is 514 g/mol. The molecule has 8 N–H and O–H groups in total. The van der Waals surface area contributed by atoms with Crippen molar-refractivity contribution < 1.29 is 70.5 Å². The number of phosphoric ester groups is 1. The SMILES string of the molecule is NC(=O)c1nc(F)cn([C@@H]2O[C@H](COP(=O)(O)OP(=O)(O)OP(=O)(O)O)[C@@H](O)[C@H]2O)c1=O. The third kappa shape index (κ3) is 6.79. The normalized spacial score (nSPS) is 27.6. The Labute approximate surface area is 175 Å². The van der Waals surface area contributed by atoms with Gasteiger partial charge in [-0.25, -0.2) is 18.7 Å². The highest BCUT2D eigenvalue weighted by Crippen LogP contribution is 2.66. The van der Waals surface area contributed by atoms with Crippen LogP contribution in [0.4, 0.5) is 4.39 Å². The number of ether oxygens (including phenoxy) is 1. The fraction of sp³-hybridized carbons (Fsp3) is 0.500. The van der Waals surface area contributed by atoms with Crippen LogP contribution in [0.5, 0.6) is 0 Å². The number of aliphatic hydroxyl groups is 2. The molecule has 1 aliphatic rings. The molecule has 1 aromatic rings. The molecule has 2 unspecified atom stereocenters. The minimum absolute atomic E-state index is 0.321. The van der Waals surface area contributed by atoms with Crippen molar-refractivity contribution in [1.29, 1.82) is 0 Å². The van der Waals surface area contributed by atoms with Crippen molar-refractivity contribution in [3.8, 4) is 0 Å².